The molecule has 1 aromatic rings. The summed E-state index contributed by atoms with van der Waals surface area (Å²) in [5, 5.41) is 3.56. The summed E-state index contributed by atoms with van der Waals surface area (Å²) < 4.78 is 30.7. The van der Waals surface area contributed by atoms with Crippen molar-refractivity contribution in [1.82, 2.24) is 14.8 Å². The fraction of sp³-hybridized carbons (Fsp3) is 0.556. The minimum atomic E-state index is -3.76. The second-order valence-electron chi connectivity index (χ2n) is 3.77. The highest BCUT2D eigenvalue weighted by molar-refractivity contribution is 7.89. The molecule has 1 amide bonds. The topological polar surface area (TPSA) is 92.5 Å². The first-order valence-electron chi connectivity index (χ1n) is 4.88. The molecule has 1 heterocycles. The third kappa shape index (κ3) is 3.04. The van der Waals surface area contributed by atoms with Crippen molar-refractivity contribution in [2.45, 2.75) is 18.7 Å². The first kappa shape index (κ1) is 13.7. The van der Waals surface area contributed by atoms with Gasteiger partial charge in [-0.05, 0) is 13.8 Å². The van der Waals surface area contributed by atoms with E-state index >= 15 is 0 Å². The van der Waals surface area contributed by atoms with Crippen LogP contribution < -0.4 is 4.72 Å². The summed E-state index contributed by atoms with van der Waals surface area (Å²) in [6.45, 7) is 2.74. The normalized spacial score (nSPS) is 11.5. The molecule has 0 spiro atoms. The van der Waals surface area contributed by atoms with Crippen LogP contribution in [0.1, 0.15) is 11.5 Å². The van der Waals surface area contributed by atoms with Gasteiger partial charge in [0.05, 0.1) is 6.54 Å². The van der Waals surface area contributed by atoms with Crippen molar-refractivity contribution >= 4 is 15.9 Å². The molecule has 1 N–H and O–H groups in total. The summed E-state index contributed by atoms with van der Waals surface area (Å²) in [5.41, 5.74) is 0.271. The summed E-state index contributed by atoms with van der Waals surface area (Å²) >= 11 is 0. The molecule has 1 aromatic heterocycles. The number of nitrogens with zero attached hydrogens (tertiary/aromatic N) is 2. The largest absolute Gasteiger partial charge is 0.360 e. The molecule has 0 saturated heterocycles. The van der Waals surface area contributed by atoms with Gasteiger partial charge in [0.25, 0.3) is 0 Å². The van der Waals surface area contributed by atoms with Crippen molar-refractivity contribution in [1.29, 1.82) is 0 Å². The van der Waals surface area contributed by atoms with Crippen LogP contribution in [0.4, 0.5) is 0 Å². The monoisotopic (exact) mass is 261 g/mol. The van der Waals surface area contributed by atoms with Crippen LogP contribution in [0.5, 0.6) is 0 Å². The number of sulfonamides is 1. The maximum absolute atomic E-state index is 11.9. The maximum Gasteiger partial charge on any atom is 0.246 e. The van der Waals surface area contributed by atoms with Crippen LogP contribution in [0.3, 0.4) is 0 Å². The van der Waals surface area contributed by atoms with E-state index in [9.17, 15) is 13.2 Å². The van der Waals surface area contributed by atoms with Gasteiger partial charge in [-0.1, -0.05) is 5.16 Å². The lowest BCUT2D eigenvalue weighted by atomic mass is 10.4. The number of rotatable bonds is 4. The van der Waals surface area contributed by atoms with Crippen LogP contribution >= 0.6 is 0 Å². The molecule has 0 radical (unpaired) electrons. The van der Waals surface area contributed by atoms with E-state index < -0.39 is 10.0 Å². The third-order valence-electron chi connectivity index (χ3n) is 2.15. The van der Waals surface area contributed by atoms with Gasteiger partial charge < -0.3 is 9.42 Å². The number of nitrogens with one attached hydrogen (secondary N) is 1. The Hall–Kier alpha value is -1.41. The Bertz CT molecular complexity index is 499. The molecule has 17 heavy (non-hydrogen) atoms. The van der Waals surface area contributed by atoms with E-state index in [1.54, 1.807) is 14.1 Å². The minimum Gasteiger partial charge on any atom is -0.360 e. The molecule has 1 rings (SSSR count). The van der Waals surface area contributed by atoms with Gasteiger partial charge in [0.1, 0.15) is 10.6 Å². The van der Waals surface area contributed by atoms with Gasteiger partial charge in [-0.25, -0.2) is 13.1 Å². The van der Waals surface area contributed by atoms with Gasteiger partial charge in [-0.3, -0.25) is 4.79 Å². The van der Waals surface area contributed by atoms with Crippen LogP contribution in [0.25, 0.3) is 0 Å². The Balaban J connectivity index is 2.87. The molecule has 0 aromatic carbocycles. The van der Waals surface area contributed by atoms with E-state index in [4.69, 9.17) is 4.52 Å². The van der Waals surface area contributed by atoms with Crippen molar-refractivity contribution in [3.63, 3.8) is 0 Å². The molecule has 96 valence electrons. The van der Waals surface area contributed by atoms with Crippen LogP contribution in [-0.2, 0) is 14.8 Å². The molecule has 0 atom stereocenters. The summed E-state index contributed by atoms with van der Waals surface area (Å²) in [6, 6.07) is 0. The van der Waals surface area contributed by atoms with E-state index in [0.29, 0.717) is 0 Å². The zero-order valence-corrected chi connectivity index (χ0v) is 11.0. The zero-order valence-electron chi connectivity index (χ0n) is 10.1. The lowest BCUT2D eigenvalue weighted by molar-refractivity contribution is -0.127. The predicted molar refractivity (Wildman–Crippen MR) is 59.9 cm³/mol. The number of carbonyl (C=O) groups is 1. The molecular formula is C9H15N3O4S. The lowest BCUT2D eigenvalue weighted by Crippen LogP contribution is -2.36. The van der Waals surface area contributed by atoms with Crippen LogP contribution in [0, 0.1) is 13.8 Å². The van der Waals surface area contributed by atoms with Gasteiger partial charge in [-0.2, -0.15) is 0 Å². The van der Waals surface area contributed by atoms with Crippen molar-refractivity contribution in [3.8, 4) is 0 Å². The van der Waals surface area contributed by atoms with Crippen molar-refractivity contribution in [2.75, 3.05) is 20.6 Å². The fourth-order valence-corrected chi connectivity index (χ4v) is 2.55. The Morgan fingerprint density at radius 1 is 1.41 bits per heavy atom. The Morgan fingerprint density at radius 3 is 2.41 bits per heavy atom. The molecule has 0 aliphatic rings. The summed E-state index contributed by atoms with van der Waals surface area (Å²) in [4.78, 5) is 12.6. The molecule has 0 fully saturated rings. The first-order chi connectivity index (χ1) is 7.75. The molecule has 0 bridgehead atoms. The standard InChI is InChI=1S/C9H15N3O4S/c1-6-9(7(2)16-11-6)17(14,15)10-5-8(13)12(3)4/h10H,5H2,1-4H3. The summed E-state index contributed by atoms with van der Waals surface area (Å²) in [7, 11) is -0.664. The van der Waals surface area contributed by atoms with Crippen molar-refractivity contribution in [3.05, 3.63) is 11.5 Å². The van der Waals surface area contributed by atoms with Crippen LogP contribution in [-0.4, -0.2) is 45.0 Å². The van der Waals surface area contributed by atoms with Gasteiger partial charge >= 0.3 is 0 Å². The molecule has 0 aliphatic heterocycles. The average Bonchev–Trinajstić information content (AvgIpc) is 2.55. The van der Waals surface area contributed by atoms with Gasteiger partial charge in [0, 0.05) is 14.1 Å². The van der Waals surface area contributed by atoms with Gasteiger partial charge in [-0.15, -0.1) is 0 Å². The lowest BCUT2D eigenvalue weighted by Gasteiger charge is -2.11. The molecule has 7 nitrogen and oxygen atoms in total. The highest BCUT2D eigenvalue weighted by atomic mass is 32.2. The molecular weight excluding hydrogens is 246 g/mol. The Kier molecular flexibility index (Phi) is 3.89. The van der Waals surface area contributed by atoms with Crippen molar-refractivity contribution < 1.29 is 17.7 Å². The first-order valence-corrected chi connectivity index (χ1v) is 6.36. The zero-order chi connectivity index (χ0) is 13.2. The quantitative estimate of drug-likeness (QED) is 0.800. The molecule has 8 heteroatoms. The van der Waals surface area contributed by atoms with E-state index in [-0.39, 0.29) is 28.8 Å². The number of likely N-dealkylation sites (N-methyl/N-ethyl adjacent to an activating group) is 1. The van der Waals surface area contributed by atoms with Crippen molar-refractivity contribution in [2.24, 2.45) is 0 Å². The SMILES string of the molecule is Cc1noc(C)c1S(=O)(=O)NCC(=O)N(C)C. The van der Waals surface area contributed by atoms with Gasteiger partial charge in [0.2, 0.25) is 15.9 Å². The molecule has 0 aliphatic carbocycles. The number of aromatic nitrogens is 1. The van der Waals surface area contributed by atoms with Crippen LogP contribution in [0.15, 0.2) is 9.42 Å². The Morgan fingerprint density at radius 2 is 2.00 bits per heavy atom. The van der Waals surface area contributed by atoms with E-state index in [1.165, 1.54) is 18.7 Å². The molecule has 0 saturated carbocycles. The number of amides is 1. The highest BCUT2D eigenvalue weighted by Crippen LogP contribution is 2.18. The molecule has 0 unspecified atom stereocenters. The fourth-order valence-electron chi connectivity index (χ4n) is 1.25. The van der Waals surface area contributed by atoms with E-state index in [0.717, 1.165) is 0 Å². The highest BCUT2D eigenvalue weighted by Gasteiger charge is 2.24. The predicted octanol–water partition coefficient (Wildman–Crippen LogP) is -0.342. The van der Waals surface area contributed by atoms with E-state index in [2.05, 4.69) is 9.88 Å². The minimum absolute atomic E-state index is 0.0101. The average molecular weight is 261 g/mol. The Labute approximate surface area is 99.8 Å². The van der Waals surface area contributed by atoms with Crippen LogP contribution in [0.2, 0.25) is 0 Å². The third-order valence-corrected chi connectivity index (χ3v) is 3.79. The number of hydrogen-bond donors (Lipinski definition) is 1. The second-order valence-corrected chi connectivity index (χ2v) is 5.47. The summed E-state index contributed by atoms with van der Waals surface area (Å²) in [6.07, 6.45) is 0. The van der Waals surface area contributed by atoms with E-state index in [1.807, 2.05) is 0 Å². The second kappa shape index (κ2) is 4.84. The number of aryl methyl sites for hydroxylation is 2. The van der Waals surface area contributed by atoms with Gasteiger partial charge in [0.15, 0.2) is 5.76 Å². The number of carbonyl (C=O) groups excluding carboxylic acids is 1. The maximum atomic E-state index is 11.9. The summed E-state index contributed by atoms with van der Waals surface area (Å²) in [5.74, 6) is -0.132. The number of hydrogen-bond acceptors (Lipinski definition) is 5. The smallest absolute Gasteiger partial charge is 0.246 e.